The highest BCUT2D eigenvalue weighted by atomic mass is 32.1. The Kier molecular flexibility index (Phi) is 6.44. The third kappa shape index (κ3) is 4.84. The van der Waals surface area contributed by atoms with Gasteiger partial charge < -0.3 is 10.0 Å². The van der Waals surface area contributed by atoms with E-state index in [2.05, 4.69) is 4.98 Å². The number of hydrogen-bond donors (Lipinski definition) is 1. The van der Waals surface area contributed by atoms with Crippen molar-refractivity contribution >= 4 is 28.2 Å². The summed E-state index contributed by atoms with van der Waals surface area (Å²) in [5, 5.41) is 11.3. The molecule has 4 rings (SSSR count). The molecule has 0 spiro atoms. The van der Waals surface area contributed by atoms with Crippen molar-refractivity contribution in [3.8, 4) is 0 Å². The van der Waals surface area contributed by atoms with Gasteiger partial charge in [0.15, 0.2) is 5.78 Å². The van der Waals surface area contributed by atoms with Crippen LogP contribution in [0.3, 0.4) is 0 Å². The molecular weight excluding hydrogens is 410 g/mol. The average Bonchev–Trinajstić information content (AvgIpc) is 3.35. The Balaban J connectivity index is 1.40. The summed E-state index contributed by atoms with van der Waals surface area (Å²) in [6.07, 6.45) is 3.83. The Labute approximate surface area is 185 Å². The predicted octanol–water partition coefficient (Wildman–Crippen LogP) is 4.24. The molecule has 0 bridgehead atoms. The van der Waals surface area contributed by atoms with Gasteiger partial charge in [0.2, 0.25) is 0 Å². The van der Waals surface area contributed by atoms with Gasteiger partial charge in [-0.05, 0) is 42.2 Å². The van der Waals surface area contributed by atoms with Gasteiger partial charge in [-0.25, -0.2) is 4.79 Å². The van der Waals surface area contributed by atoms with Crippen LogP contribution in [0, 0.1) is 6.92 Å². The number of aliphatic hydroxyl groups excluding tert-OH is 1. The van der Waals surface area contributed by atoms with Gasteiger partial charge in [-0.15, -0.1) is 11.3 Å². The molecule has 3 heterocycles. The van der Waals surface area contributed by atoms with Crippen molar-refractivity contribution in [2.45, 2.75) is 25.9 Å². The minimum Gasteiger partial charge on any atom is -0.387 e. The van der Waals surface area contributed by atoms with E-state index in [0.717, 1.165) is 21.7 Å². The first-order valence-electron chi connectivity index (χ1n) is 10.3. The smallest absolute Gasteiger partial charge is 0.325 e. The van der Waals surface area contributed by atoms with Gasteiger partial charge in [0, 0.05) is 31.9 Å². The molecule has 1 aliphatic rings. The molecule has 1 saturated heterocycles. The molecule has 3 aromatic rings. The Morgan fingerprint density at radius 2 is 2.00 bits per heavy atom. The lowest BCUT2D eigenvalue weighted by Crippen LogP contribution is -2.34. The summed E-state index contributed by atoms with van der Waals surface area (Å²) in [7, 11) is 0. The van der Waals surface area contributed by atoms with E-state index in [4.69, 9.17) is 0 Å². The number of aromatic nitrogens is 1. The van der Waals surface area contributed by atoms with Crippen molar-refractivity contribution in [1.82, 2.24) is 9.88 Å². The van der Waals surface area contributed by atoms with Crippen LogP contribution in [0.15, 0.2) is 60.9 Å². The molecule has 2 aromatic heterocycles. The van der Waals surface area contributed by atoms with E-state index < -0.39 is 6.10 Å². The number of Topliss-reactive ketones (excluding diaryl/α,β-unsaturated/α-hetero) is 1. The van der Waals surface area contributed by atoms with Gasteiger partial charge in [-0.3, -0.25) is 14.7 Å². The first-order chi connectivity index (χ1) is 15.0. The lowest BCUT2D eigenvalue weighted by atomic mass is 10.1. The van der Waals surface area contributed by atoms with E-state index in [0.29, 0.717) is 30.8 Å². The maximum atomic E-state index is 12.9. The number of pyridine rings is 1. The SMILES string of the molecule is Cc1cc(N2CCN(CC(O)c3ccccc3)C2=O)sc1C(=O)CCc1cccnc1. The number of urea groups is 1. The molecule has 0 saturated carbocycles. The third-order valence-electron chi connectivity index (χ3n) is 5.46. The van der Waals surface area contributed by atoms with Crippen molar-refractivity contribution < 1.29 is 14.7 Å². The van der Waals surface area contributed by atoms with Crippen molar-refractivity contribution in [3.05, 3.63) is 82.5 Å². The Hall–Kier alpha value is -3.03. The van der Waals surface area contributed by atoms with E-state index in [1.54, 1.807) is 22.2 Å². The van der Waals surface area contributed by atoms with Crippen molar-refractivity contribution in [2.75, 3.05) is 24.5 Å². The molecule has 1 fully saturated rings. The summed E-state index contributed by atoms with van der Waals surface area (Å²) in [6, 6.07) is 15.0. The van der Waals surface area contributed by atoms with Gasteiger partial charge in [0.05, 0.1) is 22.5 Å². The van der Waals surface area contributed by atoms with Crippen LogP contribution in [0.5, 0.6) is 0 Å². The van der Waals surface area contributed by atoms with E-state index in [1.807, 2.05) is 55.5 Å². The van der Waals surface area contributed by atoms with Crippen LogP contribution in [0.2, 0.25) is 0 Å². The topological polar surface area (TPSA) is 73.7 Å². The number of aliphatic hydroxyl groups is 1. The summed E-state index contributed by atoms with van der Waals surface area (Å²) in [5.74, 6) is 0.0839. The third-order valence-corrected chi connectivity index (χ3v) is 6.76. The molecule has 1 aromatic carbocycles. The molecule has 0 radical (unpaired) electrons. The second-order valence-corrected chi connectivity index (χ2v) is 8.72. The lowest BCUT2D eigenvalue weighted by molar-refractivity contribution is 0.0986. The Morgan fingerprint density at radius 3 is 2.74 bits per heavy atom. The Bertz CT molecular complexity index is 1050. The first-order valence-corrected chi connectivity index (χ1v) is 11.2. The van der Waals surface area contributed by atoms with Crippen molar-refractivity contribution in [3.63, 3.8) is 0 Å². The van der Waals surface area contributed by atoms with E-state index >= 15 is 0 Å². The monoisotopic (exact) mass is 435 g/mol. The second kappa shape index (κ2) is 9.41. The molecule has 160 valence electrons. The molecule has 1 N–H and O–H groups in total. The highest BCUT2D eigenvalue weighted by molar-refractivity contribution is 7.18. The van der Waals surface area contributed by atoms with Gasteiger partial charge in [0.25, 0.3) is 0 Å². The zero-order valence-corrected chi connectivity index (χ0v) is 18.2. The lowest BCUT2D eigenvalue weighted by Gasteiger charge is -2.20. The minimum atomic E-state index is -0.722. The zero-order chi connectivity index (χ0) is 21.8. The van der Waals surface area contributed by atoms with Gasteiger partial charge in [-0.1, -0.05) is 36.4 Å². The molecule has 1 aliphatic heterocycles. The average molecular weight is 436 g/mol. The number of anilines is 1. The molecular formula is C24H25N3O3S. The predicted molar refractivity (Wildman–Crippen MR) is 122 cm³/mol. The molecule has 7 heteroatoms. The number of ketones is 1. The van der Waals surface area contributed by atoms with Crippen LogP contribution in [-0.2, 0) is 6.42 Å². The highest BCUT2D eigenvalue weighted by Gasteiger charge is 2.32. The van der Waals surface area contributed by atoms with E-state index in [-0.39, 0.29) is 18.4 Å². The number of aryl methyl sites for hydroxylation is 2. The van der Waals surface area contributed by atoms with Crippen LogP contribution < -0.4 is 4.90 Å². The van der Waals surface area contributed by atoms with Gasteiger partial charge >= 0.3 is 6.03 Å². The number of carbonyl (C=O) groups is 2. The fourth-order valence-corrected chi connectivity index (χ4v) is 4.90. The number of β-amino-alcohol motifs (C(OH)–C–C–N with tert-alkyl or cyclic N) is 1. The summed E-state index contributed by atoms with van der Waals surface area (Å²) in [6.45, 7) is 3.25. The molecule has 6 nitrogen and oxygen atoms in total. The normalized spacial score (nSPS) is 14.8. The summed E-state index contributed by atoms with van der Waals surface area (Å²) in [5.41, 5.74) is 2.72. The van der Waals surface area contributed by atoms with Gasteiger partial charge in [-0.2, -0.15) is 0 Å². The summed E-state index contributed by atoms with van der Waals surface area (Å²) < 4.78 is 0. The van der Waals surface area contributed by atoms with E-state index in [9.17, 15) is 14.7 Å². The largest absolute Gasteiger partial charge is 0.387 e. The fourth-order valence-electron chi connectivity index (χ4n) is 3.74. The maximum Gasteiger partial charge on any atom is 0.325 e. The van der Waals surface area contributed by atoms with Crippen molar-refractivity contribution in [1.29, 1.82) is 0 Å². The molecule has 31 heavy (non-hydrogen) atoms. The maximum absolute atomic E-state index is 12.9. The van der Waals surface area contributed by atoms with Crippen LogP contribution in [0.25, 0.3) is 0 Å². The van der Waals surface area contributed by atoms with E-state index in [1.165, 1.54) is 11.3 Å². The number of hydrogen-bond acceptors (Lipinski definition) is 5. The number of thiophene rings is 1. The number of carbonyl (C=O) groups excluding carboxylic acids is 2. The second-order valence-electron chi connectivity index (χ2n) is 7.69. The molecule has 0 aliphatic carbocycles. The summed E-state index contributed by atoms with van der Waals surface area (Å²) in [4.78, 5) is 33.8. The molecule has 1 atom stereocenters. The molecule has 1 unspecified atom stereocenters. The number of amides is 2. The van der Waals surface area contributed by atoms with Crippen LogP contribution in [0.1, 0.15) is 38.9 Å². The van der Waals surface area contributed by atoms with Crippen LogP contribution in [-0.4, -0.2) is 46.4 Å². The highest BCUT2D eigenvalue weighted by Crippen LogP contribution is 2.33. The quantitative estimate of drug-likeness (QED) is 0.537. The molecule has 2 amide bonds. The van der Waals surface area contributed by atoms with Crippen LogP contribution >= 0.6 is 11.3 Å². The zero-order valence-electron chi connectivity index (χ0n) is 17.4. The minimum absolute atomic E-state index is 0.0839. The number of rotatable bonds is 8. The number of benzene rings is 1. The standard InChI is InChI=1S/C24H25N3O3S/c1-17-14-22(31-23(17)20(28)10-9-18-6-5-11-25-15-18)27-13-12-26(24(27)30)16-21(29)19-7-3-2-4-8-19/h2-8,11,14-15,21,29H,9-10,12-13,16H2,1H3. The van der Waals surface area contributed by atoms with Crippen LogP contribution in [0.4, 0.5) is 9.80 Å². The summed E-state index contributed by atoms with van der Waals surface area (Å²) >= 11 is 1.37. The van der Waals surface area contributed by atoms with Crippen molar-refractivity contribution in [2.24, 2.45) is 0 Å². The number of nitrogens with zero attached hydrogens (tertiary/aromatic N) is 3. The Morgan fingerprint density at radius 1 is 1.19 bits per heavy atom. The fraction of sp³-hybridized carbons (Fsp3) is 0.292. The first kappa shape index (κ1) is 21.2. The van der Waals surface area contributed by atoms with Gasteiger partial charge in [0.1, 0.15) is 0 Å².